The van der Waals surface area contributed by atoms with Crippen LogP contribution in [0.4, 0.5) is 17.3 Å². The Hall–Kier alpha value is -3.05. The number of rotatable bonds is 7. The Labute approximate surface area is 160 Å². The van der Waals surface area contributed by atoms with E-state index in [0.29, 0.717) is 11.5 Å². The number of hydrogen-bond acceptors (Lipinski definition) is 5. The molecule has 0 aliphatic heterocycles. The molecule has 8 N–H and O–H groups in total. The normalized spacial score (nSPS) is 13.2. The van der Waals surface area contributed by atoms with Gasteiger partial charge in [0.15, 0.2) is 0 Å². The molecule has 2 aromatic carbocycles. The van der Waals surface area contributed by atoms with Gasteiger partial charge in [0.1, 0.15) is 11.6 Å². The van der Waals surface area contributed by atoms with Gasteiger partial charge in [0.05, 0.1) is 5.69 Å². The highest BCUT2D eigenvalue weighted by Gasteiger charge is 2.20. The van der Waals surface area contributed by atoms with Crippen molar-refractivity contribution in [1.29, 1.82) is 0 Å². The molecule has 0 radical (unpaired) electrons. The molecule has 1 heterocycles. The second-order valence-electron chi connectivity index (χ2n) is 6.93. The summed E-state index contributed by atoms with van der Waals surface area (Å²) in [6.07, 6.45) is 2.56. The Balaban J connectivity index is 1.81. The quantitative estimate of drug-likeness (QED) is 0.515. The molecular formula is C22H27N5. The van der Waals surface area contributed by atoms with Crippen LogP contribution in [0, 0.1) is 0 Å². The predicted molar refractivity (Wildman–Crippen MR) is 113 cm³/mol. The summed E-state index contributed by atoms with van der Waals surface area (Å²) in [5.74, 6) is 0.728. The van der Waals surface area contributed by atoms with Gasteiger partial charge in [0.25, 0.3) is 0 Å². The van der Waals surface area contributed by atoms with E-state index in [0.717, 1.165) is 24.8 Å². The van der Waals surface area contributed by atoms with Crippen molar-refractivity contribution in [2.45, 2.75) is 31.2 Å². The first-order chi connectivity index (χ1) is 13.0. The van der Waals surface area contributed by atoms with Crippen molar-refractivity contribution in [1.82, 2.24) is 4.98 Å². The third-order valence-electron chi connectivity index (χ3n) is 4.88. The third-order valence-corrected chi connectivity index (χ3v) is 4.88. The maximum atomic E-state index is 6.42. The van der Waals surface area contributed by atoms with Crippen molar-refractivity contribution in [2.75, 3.05) is 17.2 Å². The SMILES string of the molecule is Nc1cc(C(CCC(N)Cc2ccccc2)c2ccccc2)c(N)c(N)n1. The van der Waals surface area contributed by atoms with Crippen LogP contribution in [0.1, 0.15) is 35.4 Å². The molecule has 2 atom stereocenters. The van der Waals surface area contributed by atoms with Gasteiger partial charge in [-0.15, -0.1) is 0 Å². The Bertz CT molecular complexity index is 865. The molecule has 0 saturated carbocycles. The van der Waals surface area contributed by atoms with E-state index in [1.165, 1.54) is 11.1 Å². The standard InChI is InChI=1S/C22H27N5/c23-17(13-15-7-3-1-4-8-15)11-12-18(16-9-5-2-6-10-16)19-14-20(24)27-22(26)21(19)25/h1-10,14,17-18H,11-13,23,25H2,(H4,24,26,27). The third kappa shape index (κ3) is 4.77. The number of nitrogens with zero attached hydrogens (tertiary/aromatic N) is 1. The Morgan fingerprint density at radius 3 is 2.11 bits per heavy atom. The Kier molecular flexibility index (Phi) is 5.94. The fourth-order valence-corrected chi connectivity index (χ4v) is 3.49. The molecule has 0 bridgehead atoms. The summed E-state index contributed by atoms with van der Waals surface area (Å²) in [6, 6.07) is 22.4. The van der Waals surface area contributed by atoms with E-state index in [-0.39, 0.29) is 17.8 Å². The predicted octanol–water partition coefficient (Wildman–Crippen LogP) is 3.31. The van der Waals surface area contributed by atoms with Crippen molar-refractivity contribution < 1.29 is 0 Å². The van der Waals surface area contributed by atoms with Crippen LogP contribution >= 0.6 is 0 Å². The van der Waals surface area contributed by atoms with Gasteiger partial charge in [-0.25, -0.2) is 4.98 Å². The Morgan fingerprint density at radius 2 is 1.44 bits per heavy atom. The first-order valence-corrected chi connectivity index (χ1v) is 9.20. The molecule has 3 rings (SSSR count). The summed E-state index contributed by atoms with van der Waals surface area (Å²) in [5.41, 5.74) is 28.4. The van der Waals surface area contributed by atoms with Gasteiger partial charge in [0, 0.05) is 12.0 Å². The van der Waals surface area contributed by atoms with Gasteiger partial charge in [-0.05, 0) is 42.0 Å². The number of hydrogen-bond donors (Lipinski definition) is 4. The smallest absolute Gasteiger partial charge is 0.149 e. The van der Waals surface area contributed by atoms with Crippen LogP contribution in [0.5, 0.6) is 0 Å². The molecule has 0 spiro atoms. The van der Waals surface area contributed by atoms with Crippen molar-refractivity contribution in [3.05, 3.63) is 83.4 Å². The molecule has 0 aliphatic rings. The minimum Gasteiger partial charge on any atom is -0.396 e. The molecule has 5 nitrogen and oxygen atoms in total. The summed E-state index contributed by atoms with van der Waals surface area (Å²) in [7, 11) is 0. The van der Waals surface area contributed by atoms with Gasteiger partial charge in [-0.1, -0.05) is 60.7 Å². The second-order valence-corrected chi connectivity index (χ2v) is 6.93. The van der Waals surface area contributed by atoms with Gasteiger partial charge in [-0.3, -0.25) is 0 Å². The lowest BCUT2D eigenvalue weighted by Gasteiger charge is -2.22. The van der Waals surface area contributed by atoms with Crippen LogP contribution in [-0.4, -0.2) is 11.0 Å². The highest BCUT2D eigenvalue weighted by Crippen LogP contribution is 2.36. The van der Waals surface area contributed by atoms with Crippen molar-refractivity contribution in [3.63, 3.8) is 0 Å². The summed E-state index contributed by atoms with van der Waals surface area (Å²) in [5, 5.41) is 0. The van der Waals surface area contributed by atoms with Crippen LogP contribution in [0.2, 0.25) is 0 Å². The van der Waals surface area contributed by atoms with E-state index in [1.807, 2.05) is 42.5 Å². The zero-order valence-corrected chi connectivity index (χ0v) is 15.4. The summed E-state index contributed by atoms with van der Waals surface area (Å²) in [4.78, 5) is 4.07. The van der Waals surface area contributed by atoms with Crippen molar-refractivity contribution >= 4 is 17.3 Å². The highest BCUT2D eigenvalue weighted by atomic mass is 14.9. The highest BCUT2D eigenvalue weighted by molar-refractivity contribution is 5.68. The lowest BCUT2D eigenvalue weighted by Crippen LogP contribution is -2.24. The maximum absolute atomic E-state index is 6.42. The Morgan fingerprint density at radius 1 is 0.815 bits per heavy atom. The second kappa shape index (κ2) is 8.56. The van der Waals surface area contributed by atoms with Gasteiger partial charge in [-0.2, -0.15) is 0 Å². The first-order valence-electron chi connectivity index (χ1n) is 9.20. The fourth-order valence-electron chi connectivity index (χ4n) is 3.49. The van der Waals surface area contributed by atoms with Crippen LogP contribution in [0.3, 0.4) is 0 Å². The summed E-state index contributed by atoms with van der Waals surface area (Å²) >= 11 is 0. The monoisotopic (exact) mass is 361 g/mol. The molecule has 0 amide bonds. The number of nitrogens with two attached hydrogens (primary N) is 4. The van der Waals surface area contributed by atoms with E-state index < -0.39 is 0 Å². The molecule has 0 fully saturated rings. The van der Waals surface area contributed by atoms with Gasteiger partial charge >= 0.3 is 0 Å². The summed E-state index contributed by atoms with van der Waals surface area (Å²) < 4.78 is 0. The molecular weight excluding hydrogens is 334 g/mol. The van der Waals surface area contributed by atoms with Crippen LogP contribution in [0.15, 0.2) is 66.7 Å². The average molecular weight is 361 g/mol. The minimum absolute atomic E-state index is 0.0661. The van der Waals surface area contributed by atoms with Crippen LogP contribution < -0.4 is 22.9 Å². The number of aromatic nitrogens is 1. The minimum atomic E-state index is 0.0661. The van der Waals surface area contributed by atoms with Crippen LogP contribution in [-0.2, 0) is 6.42 Å². The van der Waals surface area contributed by atoms with Gasteiger partial charge < -0.3 is 22.9 Å². The average Bonchev–Trinajstić information content (AvgIpc) is 2.67. The topological polar surface area (TPSA) is 117 Å². The van der Waals surface area contributed by atoms with E-state index in [9.17, 15) is 0 Å². The van der Waals surface area contributed by atoms with E-state index in [2.05, 4.69) is 29.2 Å². The maximum Gasteiger partial charge on any atom is 0.149 e. The van der Waals surface area contributed by atoms with Gasteiger partial charge in [0.2, 0.25) is 0 Å². The molecule has 2 unspecified atom stereocenters. The largest absolute Gasteiger partial charge is 0.396 e. The lowest BCUT2D eigenvalue weighted by molar-refractivity contribution is 0.552. The molecule has 0 aliphatic carbocycles. The van der Waals surface area contributed by atoms with E-state index >= 15 is 0 Å². The van der Waals surface area contributed by atoms with E-state index in [1.54, 1.807) is 0 Å². The molecule has 0 saturated heterocycles. The zero-order valence-electron chi connectivity index (χ0n) is 15.4. The van der Waals surface area contributed by atoms with Crippen molar-refractivity contribution in [3.8, 4) is 0 Å². The molecule has 3 aromatic rings. The molecule has 1 aromatic heterocycles. The number of benzene rings is 2. The number of pyridine rings is 1. The number of anilines is 3. The van der Waals surface area contributed by atoms with E-state index in [4.69, 9.17) is 22.9 Å². The lowest BCUT2D eigenvalue weighted by atomic mass is 9.85. The molecule has 140 valence electrons. The first kappa shape index (κ1) is 18.7. The zero-order chi connectivity index (χ0) is 19.2. The van der Waals surface area contributed by atoms with Crippen molar-refractivity contribution in [2.24, 2.45) is 5.73 Å². The molecule has 5 heteroatoms. The molecule has 27 heavy (non-hydrogen) atoms. The van der Waals surface area contributed by atoms with Crippen LogP contribution in [0.25, 0.3) is 0 Å². The number of nitrogen functional groups attached to an aromatic ring is 3. The summed E-state index contributed by atoms with van der Waals surface area (Å²) in [6.45, 7) is 0. The fraction of sp³-hybridized carbons (Fsp3) is 0.227.